The van der Waals surface area contributed by atoms with Crippen LogP contribution in [0.15, 0.2) is 24.8 Å². The van der Waals surface area contributed by atoms with Crippen LogP contribution in [0.1, 0.15) is 61.7 Å². The average molecular weight is 535 g/mol. The molecule has 2 N–H and O–H groups in total. The maximum Gasteiger partial charge on any atom is 0.416 e. The van der Waals surface area contributed by atoms with Crippen LogP contribution >= 0.6 is 0 Å². The van der Waals surface area contributed by atoms with E-state index in [9.17, 15) is 9.59 Å². The van der Waals surface area contributed by atoms with Gasteiger partial charge < -0.3 is 38.8 Å². The first-order valence-electron chi connectivity index (χ1n) is 13.3. The zero-order valence-corrected chi connectivity index (χ0v) is 21.9. The summed E-state index contributed by atoms with van der Waals surface area (Å²) in [5.41, 5.74) is 0.565. The molecule has 38 heavy (non-hydrogen) atoms. The van der Waals surface area contributed by atoms with E-state index in [2.05, 4.69) is 6.58 Å². The Bertz CT molecular complexity index is 980. The quantitative estimate of drug-likeness (QED) is 0.264. The number of rotatable bonds is 10. The molecule has 210 valence electrons. The molecular formula is C27H38N2O9. The molecule has 0 aromatic heterocycles. The second kappa shape index (κ2) is 13.3. The SMILES string of the molecule is C=CCOC(=O)N1c2cc(OCCCC(O)O)c(OC)cc2C(=O)N2CCCC[C@H]2C1OC1CCCCO1. The summed E-state index contributed by atoms with van der Waals surface area (Å²) < 4.78 is 29.3. The van der Waals surface area contributed by atoms with E-state index in [-0.39, 0.29) is 36.8 Å². The highest BCUT2D eigenvalue weighted by Crippen LogP contribution is 2.42. The number of carbonyl (C=O) groups excluding carboxylic acids is 2. The van der Waals surface area contributed by atoms with Crippen LogP contribution in [0.3, 0.4) is 0 Å². The highest BCUT2D eigenvalue weighted by Gasteiger charge is 2.46. The number of ether oxygens (including phenoxy) is 5. The lowest BCUT2D eigenvalue weighted by Gasteiger charge is -2.42. The number of fused-ring (bicyclic) bond motifs is 2. The minimum absolute atomic E-state index is 0.0113. The molecule has 3 atom stereocenters. The van der Waals surface area contributed by atoms with Gasteiger partial charge in [0.2, 0.25) is 0 Å². The van der Waals surface area contributed by atoms with E-state index in [0.717, 1.165) is 25.7 Å². The van der Waals surface area contributed by atoms with E-state index in [1.165, 1.54) is 18.1 Å². The summed E-state index contributed by atoms with van der Waals surface area (Å²) in [6, 6.07) is 2.77. The van der Waals surface area contributed by atoms with Crippen molar-refractivity contribution in [2.24, 2.45) is 0 Å². The van der Waals surface area contributed by atoms with Crippen LogP contribution in [0, 0.1) is 0 Å². The Balaban J connectivity index is 1.78. The number of nitrogens with zero attached hydrogens (tertiary/aromatic N) is 2. The smallest absolute Gasteiger partial charge is 0.416 e. The molecule has 1 aromatic rings. The zero-order chi connectivity index (χ0) is 27.1. The van der Waals surface area contributed by atoms with Crippen LogP contribution in [0.4, 0.5) is 10.5 Å². The summed E-state index contributed by atoms with van der Waals surface area (Å²) in [6.07, 6.45) is 3.51. The fraction of sp³-hybridized carbons (Fsp3) is 0.630. The molecule has 3 aliphatic rings. The second-order valence-electron chi connectivity index (χ2n) is 9.61. The molecule has 0 aliphatic carbocycles. The maximum absolute atomic E-state index is 13.9. The van der Waals surface area contributed by atoms with Gasteiger partial charge in [0.05, 0.1) is 31.0 Å². The molecule has 11 nitrogen and oxygen atoms in total. The van der Waals surface area contributed by atoms with Crippen molar-refractivity contribution in [2.75, 3.05) is 38.4 Å². The Hall–Kier alpha value is -2.86. The molecule has 0 radical (unpaired) electrons. The lowest BCUT2D eigenvalue weighted by molar-refractivity contribution is -0.198. The van der Waals surface area contributed by atoms with Gasteiger partial charge in [-0.05, 0) is 51.0 Å². The monoisotopic (exact) mass is 534 g/mol. The zero-order valence-electron chi connectivity index (χ0n) is 21.9. The number of hydrogen-bond donors (Lipinski definition) is 2. The number of aliphatic hydroxyl groups is 2. The number of hydrogen-bond acceptors (Lipinski definition) is 9. The molecule has 3 heterocycles. The fourth-order valence-electron chi connectivity index (χ4n) is 5.14. The molecule has 0 bridgehead atoms. The third-order valence-electron chi connectivity index (χ3n) is 6.98. The van der Waals surface area contributed by atoms with Crippen molar-refractivity contribution in [1.82, 2.24) is 4.90 Å². The van der Waals surface area contributed by atoms with Gasteiger partial charge in [0.1, 0.15) is 6.61 Å². The Labute approximate surface area is 222 Å². The van der Waals surface area contributed by atoms with Crippen molar-refractivity contribution < 1.29 is 43.5 Å². The van der Waals surface area contributed by atoms with Gasteiger partial charge in [-0.3, -0.25) is 4.79 Å². The van der Waals surface area contributed by atoms with Gasteiger partial charge in [-0.25, -0.2) is 9.69 Å². The summed E-state index contributed by atoms with van der Waals surface area (Å²) in [5.74, 6) is 0.403. The summed E-state index contributed by atoms with van der Waals surface area (Å²) in [4.78, 5) is 30.7. The standard InChI is InChI=1S/C27H38N2O9/c1-3-13-37-27(33)29-20-17-22(35-15-8-10-23(30)31)21(34-2)16-18(20)25(32)28-12-6-4-9-19(28)26(29)38-24-11-5-7-14-36-24/h3,16-17,19,23-24,26,30-31H,1,4-15H2,2H3/t19-,24?,26?/m0/s1. The van der Waals surface area contributed by atoms with E-state index in [1.54, 1.807) is 17.0 Å². The minimum Gasteiger partial charge on any atom is -0.493 e. The number of methoxy groups -OCH3 is 1. The molecule has 11 heteroatoms. The molecule has 0 spiro atoms. The number of carbonyl (C=O) groups is 2. The predicted octanol–water partition coefficient (Wildman–Crippen LogP) is 3.17. The van der Waals surface area contributed by atoms with E-state index in [0.29, 0.717) is 43.9 Å². The fourth-order valence-corrected chi connectivity index (χ4v) is 5.14. The highest BCUT2D eigenvalue weighted by molar-refractivity contribution is 6.06. The van der Waals surface area contributed by atoms with Crippen LogP contribution in [0.25, 0.3) is 0 Å². The van der Waals surface area contributed by atoms with Crippen molar-refractivity contribution in [2.45, 2.75) is 76.2 Å². The Morgan fingerprint density at radius 2 is 2.03 bits per heavy atom. The molecule has 2 amide bonds. The van der Waals surface area contributed by atoms with E-state index in [1.807, 2.05) is 0 Å². The van der Waals surface area contributed by atoms with Crippen LogP contribution in [-0.4, -0.2) is 85.4 Å². The van der Waals surface area contributed by atoms with Crippen molar-refractivity contribution >= 4 is 17.7 Å². The first-order chi connectivity index (χ1) is 18.4. The van der Waals surface area contributed by atoms with Crippen molar-refractivity contribution in [3.05, 3.63) is 30.4 Å². The summed E-state index contributed by atoms with van der Waals surface area (Å²) in [7, 11) is 1.47. The van der Waals surface area contributed by atoms with Crippen LogP contribution in [-0.2, 0) is 14.2 Å². The molecule has 0 saturated carbocycles. The molecule has 2 saturated heterocycles. The topological polar surface area (TPSA) is 127 Å². The highest BCUT2D eigenvalue weighted by atomic mass is 16.7. The van der Waals surface area contributed by atoms with Crippen molar-refractivity contribution in [3.8, 4) is 11.5 Å². The van der Waals surface area contributed by atoms with Gasteiger partial charge in [-0.1, -0.05) is 12.7 Å². The molecule has 2 unspecified atom stereocenters. The predicted molar refractivity (Wildman–Crippen MR) is 137 cm³/mol. The summed E-state index contributed by atoms with van der Waals surface area (Å²) in [5, 5.41) is 18.3. The van der Waals surface area contributed by atoms with Crippen molar-refractivity contribution in [3.63, 3.8) is 0 Å². The average Bonchev–Trinajstić information content (AvgIpc) is 3.02. The first kappa shape index (κ1) is 28.2. The van der Waals surface area contributed by atoms with Crippen LogP contribution in [0.5, 0.6) is 11.5 Å². The molecule has 4 rings (SSSR count). The van der Waals surface area contributed by atoms with Gasteiger partial charge >= 0.3 is 6.09 Å². The molecule has 3 aliphatic heterocycles. The Morgan fingerprint density at radius 1 is 1.21 bits per heavy atom. The first-order valence-corrected chi connectivity index (χ1v) is 13.3. The van der Waals surface area contributed by atoms with E-state index >= 15 is 0 Å². The van der Waals surface area contributed by atoms with E-state index < -0.39 is 30.9 Å². The maximum atomic E-state index is 13.9. The molecule has 1 aromatic carbocycles. The normalized spacial score (nSPS) is 23.4. The minimum atomic E-state index is -1.43. The van der Waals surface area contributed by atoms with Gasteiger partial charge in [0.25, 0.3) is 5.91 Å². The van der Waals surface area contributed by atoms with Gasteiger partial charge in [-0.2, -0.15) is 0 Å². The number of anilines is 1. The van der Waals surface area contributed by atoms with Crippen molar-refractivity contribution in [1.29, 1.82) is 0 Å². The third kappa shape index (κ3) is 6.40. The third-order valence-corrected chi connectivity index (χ3v) is 6.98. The number of piperidine rings is 1. The van der Waals surface area contributed by atoms with Gasteiger partial charge in [0.15, 0.2) is 30.3 Å². The summed E-state index contributed by atoms with van der Waals surface area (Å²) >= 11 is 0. The van der Waals surface area contributed by atoms with E-state index in [4.69, 9.17) is 33.9 Å². The Kier molecular flexibility index (Phi) is 9.84. The summed E-state index contributed by atoms with van der Waals surface area (Å²) in [6.45, 7) is 4.91. The Morgan fingerprint density at radius 3 is 2.74 bits per heavy atom. The van der Waals surface area contributed by atoms with Gasteiger partial charge in [-0.15, -0.1) is 0 Å². The lowest BCUT2D eigenvalue weighted by Crippen LogP contribution is -2.57. The van der Waals surface area contributed by atoms with Crippen LogP contribution < -0.4 is 14.4 Å². The lowest BCUT2D eigenvalue weighted by atomic mass is 10.00. The molecule has 2 fully saturated rings. The molecular weight excluding hydrogens is 496 g/mol. The number of amides is 2. The second-order valence-corrected chi connectivity index (χ2v) is 9.61. The number of benzene rings is 1. The van der Waals surface area contributed by atoms with Gasteiger partial charge in [0, 0.05) is 25.6 Å². The number of aliphatic hydroxyl groups excluding tert-OH is 1. The largest absolute Gasteiger partial charge is 0.493 e. The van der Waals surface area contributed by atoms with Crippen LogP contribution in [0.2, 0.25) is 0 Å².